The van der Waals surface area contributed by atoms with Crippen molar-refractivity contribution < 1.29 is 14.3 Å². The quantitative estimate of drug-likeness (QED) is 0.943. The van der Waals surface area contributed by atoms with E-state index in [0.29, 0.717) is 18.8 Å². The molecule has 23 heavy (non-hydrogen) atoms. The summed E-state index contributed by atoms with van der Waals surface area (Å²) in [7, 11) is 1.77. The largest absolute Gasteiger partial charge is 0.396 e. The molecule has 1 aromatic heterocycles. The van der Waals surface area contributed by atoms with E-state index in [0.717, 1.165) is 24.1 Å². The lowest BCUT2D eigenvalue weighted by Gasteiger charge is -2.31. The number of aryl methyl sites for hydroxylation is 1. The van der Waals surface area contributed by atoms with Crippen molar-refractivity contribution in [3.05, 3.63) is 41.8 Å². The van der Waals surface area contributed by atoms with Crippen LogP contribution in [0.3, 0.4) is 0 Å². The maximum Gasteiger partial charge on any atom is 0.274 e. The van der Waals surface area contributed by atoms with Crippen LogP contribution in [0.25, 0.3) is 11.3 Å². The van der Waals surface area contributed by atoms with Crippen LogP contribution in [0.5, 0.6) is 0 Å². The number of carbonyl (C=O) groups excluding carboxylic acids is 1. The minimum Gasteiger partial charge on any atom is -0.396 e. The lowest BCUT2D eigenvalue weighted by atomic mass is 9.99. The Labute approximate surface area is 134 Å². The molecule has 0 spiro atoms. The molecule has 6 heteroatoms. The molecule has 1 saturated heterocycles. The Morgan fingerprint density at radius 2 is 2.13 bits per heavy atom. The number of halogens is 1. The number of aliphatic hydroxyl groups excluding tert-OH is 1. The summed E-state index contributed by atoms with van der Waals surface area (Å²) in [5.74, 6) is -0.268. The van der Waals surface area contributed by atoms with Gasteiger partial charge in [-0.1, -0.05) is 0 Å². The highest BCUT2D eigenvalue weighted by Gasteiger charge is 2.26. The lowest BCUT2D eigenvalue weighted by Crippen LogP contribution is -2.41. The summed E-state index contributed by atoms with van der Waals surface area (Å²) in [6, 6.07) is 7.85. The zero-order valence-electron chi connectivity index (χ0n) is 13.1. The summed E-state index contributed by atoms with van der Waals surface area (Å²) in [6.07, 6.45) is 1.85. The van der Waals surface area contributed by atoms with Gasteiger partial charge >= 0.3 is 0 Å². The molecule has 122 valence electrons. The molecule has 1 unspecified atom stereocenters. The van der Waals surface area contributed by atoms with Gasteiger partial charge in [0.2, 0.25) is 0 Å². The Balaban J connectivity index is 1.82. The smallest absolute Gasteiger partial charge is 0.274 e. The fourth-order valence-electron chi connectivity index (χ4n) is 3.02. The molecule has 0 saturated carbocycles. The first-order chi connectivity index (χ1) is 11.1. The van der Waals surface area contributed by atoms with Crippen molar-refractivity contribution in [1.82, 2.24) is 14.7 Å². The van der Waals surface area contributed by atoms with Gasteiger partial charge in [0, 0.05) is 26.7 Å². The van der Waals surface area contributed by atoms with Crippen molar-refractivity contribution >= 4 is 5.91 Å². The molecule has 3 rings (SSSR count). The van der Waals surface area contributed by atoms with Crippen LogP contribution in [0.2, 0.25) is 0 Å². The van der Waals surface area contributed by atoms with Gasteiger partial charge in [0.15, 0.2) is 5.69 Å². The standard InChI is InChI=1S/C17H20FN3O2/c1-20-16(13-4-6-14(18)7-5-13)9-15(19-20)17(23)21-8-2-3-12(10-21)11-22/h4-7,9,12,22H,2-3,8,10-11H2,1H3. The van der Waals surface area contributed by atoms with Crippen LogP contribution in [0.4, 0.5) is 4.39 Å². The van der Waals surface area contributed by atoms with Gasteiger partial charge in [-0.05, 0) is 54.7 Å². The minimum atomic E-state index is -0.296. The van der Waals surface area contributed by atoms with E-state index in [9.17, 15) is 14.3 Å². The van der Waals surface area contributed by atoms with Crippen molar-refractivity contribution in [1.29, 1.82) is 0 Å². The summed E-state index contributed by atoms with van der Waals surface area (Å²) in [5.41, 5.74) is 1.96. The number of piperidine rings is 1. The van der Waals surface area contributed by atoms with E-state index in [1.165, 1.54) is 12.1 Å². The highest BCUT2D eigenvalue weighted by molar-refractivity contribution is 5.93. The van der Waals surface area contributed by atoms with Crippen LogP contribution in [-0.2, 0) is 7.05 Å². The van der Waals surface area contributed by atoms with E-state index < -0.39 is 0 Å². The minimum absolute atomic E-state index is 0.104. The normalized spacial score (nSPS) is 18.2. The molecule has 0 radical (unpaired) electrons. The van der Waals surface area contributed by atoms with E-state index in [2.05, 4.69) is 5.10 Å². The average molecular weight is 317 g/mol. The second-order valence-electron chi connectivity index (χ2n) is 5.99. The number of aromatic nitrogens is 2. The third kappa shape index (κ3) is 3.27. The van der Waals surface area contributed by atoms with Crippen molar-refractivity contribution in [2.45, 2.75) is 12.8 Å². The maximum absolute atomic E-state index is 13.0. The van der Waals surface area contributed by atoms with Crippen LogP contribution in [-0.4, -0.2) is 45.4 Å². The molecule has 1 atom stereocenters. The highest BCUT2D eigenvalue weighted by Crippen LogP contribution is 2.22. The number of carbonyl (C=O) groups is 1. The number of amides is 1. The molecular weight excluding hydrogens is 297 g/mol. The van der Waals surface area contributed by atoms with Gasteiger partial charge < -0.3 is 10.0 Å². The van der Waals surface area contributed by atoms with E-state index in [-0.39, 0.29) is 24.2 Å². The SMILES string of the molecule is Cn1nc(C(=O)N2CCCC(CO)C2)cc1-c1ccc(F)cc1. The van der Waals surface area contributed by atoms with Crippen LogP contribution >= 0.6 is 0 Å². The van der Waals surface area contributed by atoms with Gasteiger partial charge in [-0.15, -0.1) is 0 Å². The van der Waals surface area contributed by atoms with Crippen molar-refractivity contribution in [3.8, 4) is 11.3 Å². The van der Waals surface area contributed by atoms with Crippen molar-refractivity contribution in [3.63, 3.8) is 0 Å². The molecular formula is C17H20FN3O2. The Morgan fingerprint density at radius 3 is 2.83 bits per heavy atom. The van der Waals surface area contributed by atoms with Crippen molar-refractivity contribution in [2.75, 3.05) is 19.7 Å². The highest BCUT2D eigenvalue weighted by atomic mass is 19.1. The van der Waals surface area contributed by atoms with E-state index in [1.807, 2.05) is 0 Å². The Kier molecular flexibility index (Phi) is 4.43. The van der Waals surface area contributed by atoms with Gasteiger partial charge in [0.05, 0.1) is 5.69 Å². The second-order valence-corrected chi connectivity index (χ2v) is 5.99. The molecule has 1 aliphatic rings. The number of likely N-dealkylation sites (tertiary alicyclic amines) is 1. The summed E-state index contributed by atoms with van der Waals surface area (Å²) in [4.78, 5) is 14.4. The van der Waals surface area contributed by atoms with Gasteiger partial charge in [-0.25, -0.2) is 4.39 Å². The van der Waals surface area contributed by atoms with E-state index >= 15 is 0 Å². The summed E-state index contributed by atoms with van der Waals surface area (Å²) < 4.78 is 14.7. The zero-order valence-corrected chi connectivity index (χ0v) is 13.1. The fraction of sp³-hybridized carbons (Fsp3) is 0.412. The van der Waals surface area contributed by atoms with Crippen LogP contribution in [0, 0.1) is 11.7 Å². The monoisotopic (exact) mass is 317 g/mol. The topological polar surface area (TPSA) is 58.4 Å². The Bertz CT molecular complexity index is 696. The molecule has 0 bridgehead atoms. The van der Waals surface area contributed by atoms with Crippen LogP contribution in [0.15, 0.2) is 30.3 Å². The predicted molar refractivity (Wildman–Crippen MR) is 84.3 cm³/mol. The van der Waals surface area contributed by atoms with Gasteiger partial charge in [-0.2, -0.15) is 5.10 Å². The third-order valence-electron chi connectivity index (χ3n) is 4.30. The molecule has 0 aliphatic carbocycles. The fourth-order valence-corrected chi connectivity index (χ4v) is 3.02. The lowest BCUT2D eigenvalue weighted by molar-refractivity contribution is 0.0614. The molecule has 2 heterocycles. The molecule has 1 aliphatic heterocycles. The number of hydrogen-bond donors (Lipinski definition) is 1. The van der Waals surface area contributed by atoms with Gasteiger partial charge in [-0.3, -0.25) is 9.48 Å². The Morgan fingerprint density at radius 1 is 1.39 bits per heavy atom. The number of benzene rings is 1. The molecule has 1 aromatic carbocycles. The molecule has 2 aromatic rings. The number of hydrogen-bond acceptors (Lipinski definition) is 3. The van der Waals surface area contributed by atoms with E-state index in [1.54, 1.807) is 34.8 Å². The summed E-state index contributed by atoms with van der Waals surface area (Å²) in [6.45, 7) is 1.36. The molecule has 5 nitrogen and oxygen atoms in total. The second kappa shape index (κ2) is 6.50. The summed E-state index contributed by atoms with van der Waals surface area (Å²) >= 11 is 0. The first kappa shape index (κ1) is 15.7. The first-order valence-corrected chi connectivity index (χ1v) is 7.78. The van der Waals surface area contributed by atoms with Crippen LogP contribution in [0.1, 0.15) is 23.3 Å². The first-order valence-electron chi connectivity index (χ1n) is 7.78. The zero-order chi connectivity index (χ0) is 16.4. The number of aliphatic hydroxyl groups is 1. The summed E-state index contributed by atoms with van der Waals surface area (Å²) in [5, 5.41) is 13.6. The number of nitrogens with zero attached hydrogens (tertiary/aromatic N) is 3. The van der Waals surface area contributed by atoms with Crippen LogP contribution < -0.4 is 0 Å². The number of rotatable bonds is 3. The maximum atomic E-state index is 13.0. The van der Waals surface area contributed by atoms with E-state index in [4.69, 9.17) is 0 Å². The average Bonchev–Trinajstić information content (AvgIpc) is 2.97. The molecule has 1 N–H and O–H groups in total. The van der Waals surface area contributed by atoms with Gasteiger partial charge in [0.1, 0.15) is 5.82 Å². The molecule has 1 amide bonds. The Hall–Kier alpha value is -2.21. The molecule has 1 fully saturated rings. The van der Waals surface area contributed by atoms with Gasteiger partial charge in [0.25, 0.3) is 5.91 Å². The third-order valence-corrected chi connectivity index (χ3v) is 4.30. The van der Waals surface area contributed by atoms with Crippen molar-refractivity contribution in [2.24, 2.45) is 13.0 Å². The predicted octanol–water partition coefficient (Wildman–Crippen LogP) is 2.07.